The zero-order valence-corrected chi connectivity index (χ0v) is 6.09. The number of hydrogen-bond donors (Lipinski definition) is 0. The number of halogens is 1. The standard InChI is InChI=1S/C9H9FO/c10-9(7-11-9)6-8-4-2-1-3-5-8/h1-5H,6-7H2. The van der Waals surface area contributed by atoms with E-state index in [4.69, 9.17) is 0 Å². The van der Waals surface area contributed by atoms with Crippen LogP contribution in [0.4, 0.5) is 4.39 Å². The van der Waals surface area contributed by atoms with Crippen molar-refractivity contribution in [1.82, 2.24) is 0 Å². The summed E-state index contributed by atoms with van der Waals surface area (Å²) < 4.78 is 17.6. The van der Waals surface area contributed by atoms with Gasteiger partial charge in [-0.1, -0.05) is 30.3 Å². The molecule has 58 valence electrons. The van der Waals surface area contributed by atoms with Gasteiger partial charge >= 0.3 is 0 Å². The first kappa shape index (κ1) is 6.80. The van der Waals surface area contributed by atoms with Crippen LogP contribution < -0.4 is 0 Å². The van der Waals surface area contributed by atoms with Crippen molar-refractivity contribution >= 4 is 0 Å². The minimum Gasteiger partial charge on any atom is -0.338 e. The van der Waals surface area contributed by atoms with Crippen LogP contribution in [0, 0.1) is 0 Å². The van der Waals surface area contributed by atoms with E-state index in [2.05, 4.69) is 4.74 Å². The van der Waals surface area contributed by atoms with Crippen LogP contribution in [0.1, 0.15) is 5.56 Å². The van der Waals surface area contributed by atoms with Crippen molar-refractivity contribution in [3.05, 3.63) is 35.9 Å². The van der Waals surface area contributed by atoms with Crippen molar-refractivity contribution in [2.24, 2.45) is 0 Å². The fraction of sp³-hybridized carbons (Fsp3) is 0.333. The highest BCUT2D eigenvalue weighted by atomic mass is 19.2. The quantitative estimate of drug-likeness (QED) is 0.590. The molecule has 0 radical (unpaired) electrons. The molecule has 2 rings (SSSR count). The van der Waals surface area contributed by atoms with Gasteiger partial charge in [0, 0.05) is 6.42 Å². The first-order valence-electron chi connectivity index (χ1n) is 3.65. The molecule has 11 heavy (non-hydrogen) atoms. The average Bonchev–Trinajstić information content (AvgIpc) is 2.70. The molecule has 0 N–H and O–H groups in total. The zero-order chi connectivity index (χ0) is 7.73. The second-order valence-electron chi connectivity index (χ2n) is 2.83. The third-order valence-corrected chi connectivity index (χ3v) is 1.77. The van der Waals surface area contributed by atoms with Crippen molar-refractivity contribution in [2.75, 3.05) is 6.61 Å². The highest BCUT2D eigenvalue weighted by Crippen LogP contribution is 2.32. The van der Waals surface area contributed by atoms with Gasteiger partial charge in [-0.25, -0.2) is 4.39 Å². The number of alkyl halides is 1. The molecular weight excluding hydrogens is 143 g/mol. The molecule has 1 fully saturated rings. The molecule has 2 heteroatoms. The molecule has 0 amide bonds. The molecule has 1 nitrogen and oxygen atoms in total. The first-order valence-corrected chi connectivity index (χ1v) is 3.65. The van der Waals surface area contributed by atoms with Gasteiger partial charge in [-0.2, -0.15) is 0 Å². The number of benzene rings is 1. The van der Waals surface area contributed by atoms with E-state index < -0.39 is 5.85 Å². The van der Waals surface area contributed by atoms with E-state index in [0.717, 1.165) is 5.56 Å². The SMILES string of the molecule is FC1(Cc2ccccc2)CO1. The summed E-state index contributed by atoms with van der Waals surface area (Å²) in [4.78, 5) is 0. The van der Waals surface area contributed by atoms with Crippen molar-refractivity contribution < 1.29 is 9.13 Å². The molecule has 1 saturated heterocycles. The number of rotatable bonds is 2. The summed E-state index contributed by atoms with van der Waals surface area (Å²) in [5.74, 6) is -1.35. The highest BCUT2D eigenvalue weighted by Gasteiger charge is 2.45. The topological polar surface area (TPSA) is 12.5 Å². The Morgan fingerprint density at radius 3 is 2.55 bits per heavy atom. The molecule has 1 aliphatic rings. The fourth-order valence-electron chi connectivity index (χ4n) is 1.08. The lowest BCUT2D eigenvalue weighted by atomic mass is 10.1. The van der Waals surface area contributed by atoms with E-state index in [1.165, 1.54) is 0 Å². The fourth-order valence-corrected chi connectivity index (χ4v) is 1.08. The van der Waals surface area contributed by atoms with Crippen molar-refractivity contribution in [2.45, 2.75) is 12.3 Å². The van der Waals surface area contributed by atoms with Crippen molar-refractivity contribution in [3.8, 4) is 0 Å². The minimum atomic E-state index is -1.35. The lowest BCUT2D eigenvalue weighted by molar-refractivity contribution is 0.141. The number of epoxide rings is 1. The van der Waals surface area contributed by atoms with Gasteiger partial charge in [-0.3, -0.25) is 0 Å². The Kier molecular flexibility index (Phi) is 1.43. The summed E-state index contributed by atoms with van der Waals surface area (Å²) in [6, 6.07) is 9.54. The number of ether oxygens (including phenoxy) is 1. The Labute approximate surface area is 64.8 Å². The maximum Gasteiger partial charge on any atom is 0.237 e. The van der Waals surface area contributed by atoms with E-state index in [1.54, 1.807) is 0 Å². The summed E-state index contributed by atoms with van der Waals surface area (Å²) in [6.45, 7) is 0.252. The van der Waals surface area contributed by atoms with E-state index in [9.17, 15) is 4.39 Å². The van der Waals surface area contributed by atoms with Crippen LogP contribution in [0.3, 0.4) is 0 Å². The summed E-state index contributed by atoms with van der Waals surface area (Å²) in [7, 11) is 0. The molecular formula is C9H9FO. The maximum absolute atomic E-state index is 13.0. The van der Waals surface area contributed by atoms with E-state index in [-0.39, 0.29) is 6.61 Å². The van der Waals surface area contributed by atoms with Gasteiger partial charge in [0.15, 0.2) is 0 Å². The van der Waals surface area contributed by atoms with Crippen LogP contribution >= 0.6 is 0 Å². The molecule has 0 aliphatic carbocycles. The van der Waals surface area contributed by atoms with Gasteiger partial charge < -0.3 is 4.74 Å². The lowest BCUT2D eigenvalue weighted by Crippen LogP contribution is -2.05. The van der Waals surface area contributed by atoms with Crippen LogP contribution in [-0.4, -0.2) is 12.5 Å². The Bertz CT molecular complexity index is 241. The Morgan fingerprint density at radius 2 is 2.00 bits per heavy atom. The molecule has 0 bridgehead atoms. The summed E-state index contributed by atoms with van der Waals surface area (Å²) in [5, 5.41) is 0. The molecule has 1 aliphatic heterocycles. The second kappa shape index (κ2) is 2.31. The highest BCUT2D eigenvalue weighted by molar-refractivity contribution is 5.17. The van der Waals surface area contributed by atoms with Crippen LogP contribution in [-0.2, 0) is 11.2 Å². The van der Waals surface area contributed by atoms with Crippen LogP contribution in [0.15, 0.2) is 30.3 Å². The molecule has 0 spiro atoms. The lowest BCUT2D eigenvalue weighted by Gasteiger charge is -2.00. The third-order valence-electron chi connectivity index (χ3n) is 1.77. The summed E-state index contributed by atoms with van der Waals surface area (Å²) >= 11 is 0. The molecule has 1 unspecified atom stereocenters. The molecule has 0 saturated carbocycles. The molecule has 1 aromatic rings. The normalized spacial score (nSPS) is 28.5. The van der Waals surface area contributed by atoms with E-state index >= 15 is 0 Å². The van der Waals surface area contributed by atoms with Gasteiger partial charge in [0.25, 0.3) is 0 Å². The van der Waals surface area contributed by atoms with Crippen molar-refractivity contribution in [3.63, 3.8) is 0 Å². The van der Waals surface area contributed by atoms with Gasteiger partial charge in [0.2, 0.25) is 5.85 Å². The van der Waals surface area contributed by atoms with Crippen molar-refractivity contribution in [1.29, 1.82) is 0 Å². The van der Waals surface area contributed by atoms with Crippen LogP contribution in [0.5, 0.6) is 0 Å². The number of hydrogen-bond acceptors (Lipinski definition) is 1. The molecule has 1 aromatic carbocycles. The maximum atomic E-state index is 13.0. The van der Waals surface area contributed by atoms with Crippen LogP contribution in [0.25, 0.3) is 0 Å². The zero-order valence-electron chi connectivity index (χ0n) is 6.09. The van der Waals surface area contributed by atoms with Gasteiger partial charge in [0.1, 0.15) is 6.61 Å². The monoisotopic (exact) mass is 152 g/mol. The van der Waals surface area contributed by atoms with E-state index in [0.29, 0.717) is 6.42 Å². The Hall–Kier alpha value is -0.890. The smallest absolute Gasteiger partial charge is 0.237 e. The molecule has 1 heterocycles. The predicted molar refractivity (Wildman–Crippen MR) is 39.9 cm³/mol. The minimum absolute atomic E-state index is 0.252. The third kappa shape index (κ3) is 1.57. The summed E-state index contributed by atoms with van der Waals surface area (Å²) in [6.07, 6.45) is 0.383. The predicted octanol–water partition coefficient (Wildman–Crippen LogP) is 1.93. The summed E-state index contributed by atoms with van der Waals surface area (Å²) in [5.41, 5.74) is 0.993. The van der Waals surface area contributed by atoms with Gasteiger partial charge in [-0.05, 0) is 5.56 Å². The molecule has 0 aromatic heterocycles. The Morgan fingerprint density at radius 1 is 1.36 bits per heavy atom. The van der Waals surface area contributed by atoms with E-state index in [1.807, 2.05) is 30.3 Å². The average molecular weight is 152 g/mol. The largest absolute Gasteiger partial charge is 0.338 e. The molecule has 1 atom stereocenters. The first-order chi connectivity index (χ1) is 5.29. The van der Waals surface area contributed by atoms with Gasteiger partial charge in [0.05, 0.1) is 0 Å². The Balaban J connectivity index is 2.07. The second-order valence-corrected chi connectivity index (χ2v) is 2.83. The van der Waals surface area contributed by atoms with Gasteiger partial charge in [-0.15, -0.1) is 0 Å². The van der Waals surface area contributed by atoms with Crippen LogP contribution in [0.2, 0.25) is 0 Å².